The van der Waals surface area contributed by atoms with Crippen molar-refractivity contribution in [3.8, 4) is 11.1 Å². The first-order valence-electron chi connectivity index (χ1n) is 14.7. The molecule has 2 heterocycles. The van der Waals surface area contributed by atoms with Crippen LogP contribution in [0.25, 0.3) is 22.0 Å². The molecule has 2 atom stereocenters. The van der Waals surface area contributed by atoms with Gasteiger partial charge in [0, 0.05) is 45.2 Å². The van der Waals surface area contributed by atoms with E-state index in [1.54, 1.807) is 12.0 Å². The summed E-state index contributed by atoms with van der Waals surface area (Å²) in [4.78, 5) is 28.7. The number of benzene rings is 3. The quantitative estimate of drug-likeness (QED) is 0.226. The molecule has 1 aromatic heterocycles. The molecule has 1 N–H and O–H groups in total. The second kappa shape index (κ2) is 12.8. The third-order valence-corrected chi connectivity index (χ3v) is 7.81. The fourth-order valence-electron chi connectivity index (χ4n) is 5.76. The van der Waals surface area contributed by atoms with Gasteiger partial charge in [-0.15, -0.1) is 0 Å². The number of aryl methyl sites for hydroxylation is 1. The fraction of sp³-hybridized carbons (Fsp3) is 0.371. The van der Waals surface area contributed by atoms with E-state index in [1.165, 1.54) is 0 Å². The van der Waals surface area contributed by atoms with Crippen molar-refractivity contribution in [2.75, 3.05) is 32.1 Å². The van der Waals surface area contributed by atoms with Gasteiger partial charge in [-0.05, 0) is 79.8 Å². The molecular weight excluding hydrogens is 526 g/mol. The van der Waals surface area contributed by atoms with Crippen LogP contribution in [0.4, 0.5) is 10.5 Å². The largest absolute Gasteiger partial charge is 0.444 e. The Morgan fingerprint density at radius 1 is 0.952 bits per heavy atom. The lowest BCUT2D eigenvalue weighted by molar-refractivity contribution is -0.122. The lowest BCUT2D eigenvalue weighted by Crippen LogP contribution is -2.48. The zero-order valence-electron chi connectivity index (χ0n) is 25.0. The number of nitrogens with one attached hydrogen (secondary N) is 1. The summed E-state index contributed by atoms with van der Waals surface area (Å²) in [6.45, 7) is 7.92. The number of methoxy groups -OCH3 is 1. The SMILES string of the molecule is COCCCn1ccc2ccc(NC(=O)C3CN(C(=O)OC(C)(C)C)CC[C@@H]3c3cccc(-c4ccccc4)c3)cc21. The molecule has 1 aliphatic heterocycles. The van der Waals surface area contributed by atoms with Crippen LogP contribution in [0.1, 0.15) is 45.1 Å². The molecule has 3 aromatic carbocycles. The van der Waals surface area contributed by atoms with Gasteiger partial charge in [0.05, 0.1) is 11.4 Å². The number of carbonyl (C=O) groups is 2. The molecule has 1 unspecified atom stereocenters. The van der Waals surface area contributed by atoms with E-state index < -0.39 is 11.5 Å². The topological polar surface area (TPSA) is 72.8 Å². The van der Waals surface area contributed by atoms with Crippen molar-refractivity contribution in [1.82, 2.24) is 9.47 Å². The molecule has 7 nitrogen and oxygen atoms in total. The van der Waals surface area contributed by atoms with Crippen LogP contribution in [0, 0.1) is 5.92 Å². The van der Waals surface area contributed by atoms with Gasteiger partial charge in [-0.25, -0.2) is 4.79 Å². The number of rotatable bonds is 8. The number of likely N-dealkylation sites (tertiary alicyclic amines) is 1. The second-order valence-corrected chi connectivity index (χ2v) is 12.0. The average molecular weight is 568 g/mol. The number of hydrogen-bond acceptors (Lipinski definition) is 4. The minimum atomic E-state index is -0.608. The van der Waals surface area contributed by atoms with Crippen molar-refractivity contribution in [1.29, 1.82) is 0 Å². The molecule has 220 valence electrons. The van der Waals surface area contributed by atoms with Crippen molar-refractivity contribution in [3.63, 3.8) is 0 Å². The Labute approximate surface area is 248 Å². The van der Waals surface area contributed by atoms with E-state index in [2.05, 4.69) is 58.5 Å². The number of ether oxygens (including phenoxy) is 2. The molecule has 0 radical (unpaired) electrons. The summed E-state index contributed by atoms with van der Waals surface area (Å²) in [7, 11) is 1.71. The summed E-state index contributed by atoms with van der Waals surface area (Å²) >= 11 is 0. The molecule has 42 heavy (non-hydrogen) atoms. The minimum Gasteiger partial charge on any atom is -0.444 e. The van der Waals surface area contributed by atoms with Gasteiger partial charge >= 0.3 is 6.09 Å². The highest BCUT2D eigenvalue weighted by atomic mass is 16.6. The number of amides is 2. The Hall–Kier alpha value is -4.10. The van der Waals surface area contributed by atoms with Crippen LogP contribution < -0.4 is 5.32 Å². The molecule has 0 spiro atoms. The molecule has 1 aliphatic rings. The van der Waals surface area contributed by atoms with Crippen molar-refractivity contribution in [3.05, 3.63) is 90.6 Å². The van der Waals surface area contributed by atoms with E-state index in [9.17, 15) is 9.59 Å². The van der Waals surface area contributed by atoms with Crippen LogP contribution in [0.5, 0.6) is 0 Å². The van der Waals surface area contributed by atoms with Crippen LogP contribution in [0.3, 0.4) is 0 Å². The molecule has 4 aromatic rings. The third kappa shape index (κ3) is 7.02. The van der Waals surface area contributed by atoms with Crippen molar-refractivity contribution < 1.29 is 19.1 Å². The maximum absolute atomic E-state index is 14.0. The summed E-state index contributed by atoms with van der Waals surface area (Å²) < 4.78 is 13.1. The summed E-state index contributed by atoms with van der Waals surface area (Å²) in [5.74, 6) is -0.592. The summed E-state index contributed by atoms with van der Waals surface area (Å²) in [5, 5.41) is 4.31. The monoisotopic (exact) mass is 567 g/mol. The lowest BCUT2D eigenvalue weighted by Gasteiger charge is -2.38. The Kier molecular flexibility index (Phi) is 8.97. The van der Waals surface area contributed by atoms with E-state index in [0.717, 1.165) is 46.2 Å². The lowest BCUT2D eigenvalue weighted by atomic mass is 9.79. The predicted octanol–water partition coefficient (Wildman–Crippen LogP) is 7.32. The predicted molar refractivity (Wildman–Crippen MR) is 168 cm³/mol. The Balaban J connectivity index is 1.41. The normalized spacial score (nSPS) is 17.3. The van der Waals surface area contributed by atoms with Gasteiger partial charge in [-0.3, -0.25) is 4.79 Å². The number of aromatic nitrogens is 1. The Morgan fingerprint density at radius 2 is 1.74 bits per heavy atom. The highest BCUT2D eigenvalue weighted by molar-refractivity contribution is 5.96. The first-order chi connectivity index (χ1) is 20.2. The molecule has 7 heteroatoms. The molecule has 2 amide bonds. The molecular formula is C35H41N3O4. The highest BCUT2D eigenvalue weighted by Crippen LogP contribution is 2.36. The van der Waals surface area contributed by atoms with Gasteiger partial charge in [0.1, 0.15) is 5.60 Å². The minimum absolute atomic E-state index is 0.0472. The number of fused-ring (bicyclic) bond motifs is 1. The van der Waals surface area contributed by atoms with Crippen LogP contribution >= 0.6 is 0 Å². The average Bonchev–Trinajstić information content (AvgIpc) is 3.38. The first-order valence-corrected chi connectivity index (χ1v) is 14.7. The standard InChI is InChI=1S/C35H41N3O4/c1-35(2,3)42-34(40)38-20-17-30(28-13-8-12-27(22-28)25-10-6-5-7-11-25)31(24-38)33(39)36-29-15-14-26-16-19-37(32(26)23-29)18-9-21-41-4/h5-8,10-16,19,22-23,30-31H,9,17-18,20-21,24H2,1-4H3,(H,36,39)/t30-,31?/m1/s1. The highest BCUT2D eigenvalue weighted by Gasteiger charge is 2.38. The maximum Gasteiger partial charge on any atom is 0.410 e. The number of anilines is 1. The fourth-order valence-corrected chi connectivity index (χ4v) is 5.76. The van der Waals surface area contributed by atoms with E-state index in [-0.39, 0.29) is 24.5 Å². The molecule has 1 fully saturated rings. The summed E-state index contributed by atoms with van der Waals surface area (Å²) in [5.41, 5.74) is 4.54. The zero-order chi connectivity index (χ0) is 29.7. The number of hydrogen-bond donors (Lipinski definition) is 1. The van der Waals surface area contributed by atoms with Gasteiger partial charge < -0.3 is 24.3 Å². The van der Waals surface area contributed by atoms with Crippen LogP contribution in [0.15, 0.2) is 85.1 Å². The van der Waals surface area contributed by atoms with Gasteiger partial charge in [0.2, 0.25) is 5.91 Å². The first kappa shape index (κ1) is 29.4. The smallest absolute Gasteiger partial charge is 0.410 e. The van der Waals surface area contributed by atoms with Crippen LogP contribution in [-0.4, -0.2) is 53.9 Å². The van der Waals surface area contributed by atoms with Crippen LogP contribution in [-0.2, 0) is 20.8 Å². The van der Waals surface area contributed by atoms with E-state index in [4.69, 9.17) is 9.47 Å². The van der Waals surface area contributed by atoms with E-state index in [0.29, 0.717) is 19.6 Å². The molecule has 1 saturated heterocycles. The molecule has 5 rings (SSSR count). The van der Waals surface area contributed by atoms with Gasteiger partial charge in [-0.1, -0.05) is 60.7 Å². The zero-order valence-corrected chi connectivity index (χ0v) is 25.0. The van der Waals surface area contributed by atoms with Gasteiger partial charge in [0.15, 0.2) is 0 Å². The van der Waals surface area contributed by atoms with Crippen molar-refractivity contribution >= 4 is 28.6 Å². The molecule has 0 saturated carbocycles. The Bertz CT molecular complexity index is 1520. The second-order valence-electron chi connectivity index (χ2n) is 12.0. The van der Waals surface area contributed by atoms with Crippen LogP contribution in [0.2, 0.25) is 0 Å². The van der Waals surface area contributed by atoms with E-state index in [1.807, 2.05) is 57.2 Å². The van der Waals surface area contributed by atoms with Gasteiger partial charge in [0.25, 0.3) is 0 Å². The summed E-state index contributed by atoms with van der Waals surface area (Å²) in [6, 6.07) is 26.8. The third-order valence-electron chi connectivity index (χ3n) is 7.81. The number of carbonyl (C=O) groups excluding carboxylic acids is 2. The maximum atomic E-state index is 14.0. The number of piperidine rings is 1. The summed E-state index contributed by atoms with van der Waals surface area (Å²) in [6.07, 6.45) is 3.26. The molecule has 0 bridgehead atoms. The number of nitrogens with zero attached hydrogens (tertiary/aromatic N) is 2. The van der Waals surface area contributed by atoms with E-state index >= 15 is 0 Å². The Morgan fingerprint density at radius 3 is 2.50 bits per heavy atom. The molecule has 0 aliphatic carbocycles. The van der Waals surface area contributed by atoms with Crippen molar-refractivity contribution in [2.45, 2.75) is 51.7 Å². The van der Waals surface area contributed by atoms with Crippen molar-refractivity contribution in [2.24, 2.45) is 5.92 Å². The van der Waals surface area contributed by atoms with Gasteiger partial charge in [-0.2, -0.15) is 0 Å².